The van der Waals surface area contributed by atoms with Gasteiger partial charge in [-0.2, -0.15) is 0 Å². The van der Waals surface area contributed by atoms with Crippen molar-refractivity contribution in [3.8, 4) is 5.75 Å². The van der Waals surface area contributed by atoms with E-state index in [1.807, 2.05) is 39.0 Å². The molecule has 0 aliphatic rings. The predicted octanol–water partition coefficient (Wildman–Crippen LogP) is 3.67. The molecule has 0 N–H and O–H groups in total. The van der Waals surface area contributed by atoms with Crippen LogP contribution in [0.3, 0.4) is 0 Å². The Balaban J connectivity index is 0.000000671. The van der Waals surface area contributed by atoms with Gasteiger partial charge >= 0.3 is 0 Å². The zero-order valence-corrected chi connectivity index (χ0v) is 9.13. The number of hydrogen-bond donors (Lipinski definition) is 0. The van der Waals surface area contributed by atoms with Gasteiger partial charge in [0.1, 0.15) is 5.75 Å². The first-order chi connectivity index (χ1) is 6.38. The average molecular weight is 180 g/mol. The number of ether oxygens (including phenoxy) is 1. The quantitative estimate of drug-likeness (QED) is 0.689. The molecule has 0 atom stereocenters. The van der Waals surface area contributed by atoms with Gasteiger partial charge in [-0.05, 0) is 25.0 Å². The molecule has 1 nitrogen and oxygen atoms in total. The fourth-order valence-corrected chi connectivity index (χ4v) is 1.09. The summed E-state index contributed by atoms with van der Waals surface area (Å²) >= 11 is 0. The van der Waals surface area contributed by atoms with E-state index in [9.17, 15) is 0 Å². The molecule has 0 amide bonds. The van der Waals surface area contributed by atoms with E-state index in [1.165, 1.54) is 5.56 Å². The minimum absolute atomic E-state index is 0.747. The summed E-state index contributed by atoms with van der Waals surface area (Å²) in [5, 5.41) is 0. The van der Waals surface area contributed by atoms with Gasteiger partial charge in [-0.3, -0.25) is 0 Å². The van der Waals surface area contributed by atoms with Crippen LogP contribution in [-0.2, 0) is 6.42 Å². The summed E-state index contributed by atoms with van der Waals surface area (Å²) < 4.78 is 5.43. The lowest BCUT2D eigenvalue weighted by Crippen LogP contribution is -1.94. The Morgan fingerprint density at radius 3 is 2.23 bits per heavy atom. The third-order valence-corrected chi connectivity index (χ3v) is 1.65. The summed E-state index contributed by atoms with van der Waals surface area (Å²) in [6, 6.07) is 8.17. The van der Waals surface area contributed by atoms with E-state index in [0.717, 1.165) is 18.8 Å². The van der Waals surface area contributed by atoms with Crippen LogP contribution in [0.15, 0.2) is 24.3 Å². The molecule has 0 bridgehead atoms. The molecule has 1 heteroatoms. The van der Waals surface area contributed by atoms with Crippen LogP contribution in [0.5, 0.6) is 5.75 Å². The van der Waals surface area contributed by atoms with E-state index in [1.54, 1.807) is 0 Å². The standard InChI is InChI=1S/C10H14O.C2H6/c1-3-9-7-5-6-8-10(9)11-4-2;1-2/h5-8H,3-4H2,1-2H3;1-2H3. The Hall–Kier alpha value is -0.980. The van der Waals surface area contributed by atoms with Gasteiger partial charge in [0.15, 0.2) is 0 Å². The summed E-state index contributed by atoms with van der Waals surface area (Å²) in [7, 11) is 0. The highest BCUT2D eigenvalue weighted by Gasteiger charge is 1.97. The molecule has 1 aromatic rings. The van der Waals surface area contributed by atoms with E-state index in [-0.39, 0.29) is 0 Å². The van der Waals surface area contributed by atoms with Crippen LogP contribution in [0, 0.1) is 0 Å². The van der Waals surface area contributed by atoms with E-state index in [0.29, 0.717) is 0 Å². The highest BCUT2D eigenvalue weighted by atomic mass is 16.5. The Kier molecular flexibility index (Phi) is 7.08. The van der Waals surface area contributed by atoms with Gasteiger partial charge in [-0.1, -0.05) is 39.0 Å². The van der Waals surface area contributed by atoms with E-state index in [2.05, 4.69) is 13.0 Å². The lowest BCUT2D eigenvalue weighted by Gasteiger charge is -2.06. The van der Waals surface area contributed by atoms with Crippen LogP contribution >= 0.6 is 0 Å². The van der Waals surface area contributed by atoms with Crippen molar-refractivity contribution in [2.75, 3.05) is 6.61 Å². The van der Waals surface area contributed by atoms with Gasteiger partial charge in [0.25, 0.3) is 0 Å². The Morgan fingerprint density at radius 1 is 1.08 bits per heavy atom. The first kappa shape index (κ1) is 12.0. The first-order valence-electron chi connectivity index (χ1n) is 5.09. The fourth-order valence-electron chi connectivity index (χ4n) is 1.09. The van der Waals surface area contributed by atoms with Gasteiger partial charge in [0.2, 0.25) is 0 Å². The zero-order valence-electron chi connectivity index (χ0n) is 9.13. The average Bonchev–Trinajstić information content (AvgIpc) is 2.22. The largest absolute Gasteiger partial charge is 0.494 e. The minimum atomic E-state index is 0.747. The topological polar surface area (TPSA) is 9.23 Å². The number of rotatable bonds is 3. The van der Waals surface area contributed by atoms with Crippen LogP contribution in [0.25, 0.3) is 0 Å². The zero-order chi connectivity index (χ0) is 10.1. The first-order valence-corrected chi connectivity index (χ1v) is 5.09. The van der Waals surface area contributed by atoms with Crippen molar-refractivity contribution in [1.82, 2.24) is 0 Å². The second-order valence-corrected chi connectivity index (χ2v) is 2.39. The fraction of sp³-hybridized carbons (Fsp3) is 0.500. The number of para-hydroxylation sites is 1. The molecule has 0 radical (unpaired) electrons. The maximum Gasteiger partial charge on any atom is 0.122 e. The third kappa shape index (κ3) is 3.97. The van der Waals surface area contributed by atoms with E-state index in [4.69, 9.17) is 4.74 Å². The number of aryl methyl sites for hydroxylation is 1. The van der Waals surface area contributed by atoms with Crippen molar-refractivity contribution in [3.63, 3.8) is 0 Å². The number of benzene rings is 1. The van der Waals surface area contributed by atoms with Gasteiger partial charge in [0.05, 0.1) is 6.61 Å². The molecular weight excluding hydrogens is 160 g/mol. The Bertz CT molecular complexity index is 218. The van der Waals surface area contributed by atoms with Gasteiger partial charge in [-0.25, -0.2) is 0 Å². The molecule has 0 aromatic heterocycles. The smallest absolute Gasteiger partial charge is 0.122 e. The molecule has 1 rings (SSSR count). The van der Waals surface area contributed by atoms with Crippen molar-refractivity contribution in [2.45, 2.75) is 34.1 Å². The van der Waals surface area contributed by atoms with Crippen molar-refractivity contribution in [1.29, 1.82) is 0 Å². The summed E-state index contributed by atoms with van der Waals surface area (Å²) in [4.78, 5) is 0. The molecule has 0 saturated carbocycles. The number of hydrogen-bond acceptors (Lipinski definition) is 1. The van der Waals surface area contributed by atoms with Gasteiger partial charge in [0, 0.05) is 0 Å². The summed E-state index contributed by atoms with van der Waals surface area (Å²) in [5.41, 5.74) is 1.29. The minimum Gasteiger partial charge on any atom is -0.494 e. The van der Waals surface area contributed by atoms with Crippen molar-refractivity contribution in [2.24, 2.45) is 0 Å². The maximum atomic E-state index is 5.43. The van der Waals surface area contributed by atoms with E-state index < -0.39 is 0 Å². The Labute approximate surface area is 81.7 Å². The van der Waals surface area contributed by atoms with Crippen molar-refractivity contribution < 1.29 is 4.74 Å². The molecule has 13 heavy (non-hydrogen) atoms. The highest BCUT2D eigenvalue weighted by molar-refractivity contribution is 5.32. The third-order valence-electron chi connectivity index (χ3n) is 1.65. The molecule has 0 aliphatic carbocycles. The monoisotopic (exact) mass is 180 g/mol. The van der Waals surface area contributed by atoms with Crippen LogP contribution < -0.4 is 4.74 Å². The van der Waals surface area contributed by atoms with Crippen molar-refractivity contribution >= 4 is 0 Å². The highest BCUT2D eigenvalue weighted by Crippen LogP contribution is 2.17. The Morgan fingerprint density at radius 2 is 1.69 bits per heavy atom. The maximum absolute atomic E-state index is 5.43. The second kappa shape index (κ2) is 7.66. The van der Waals surface area contributed by atoms with Gasteiger partial charge < -0.3 is 4.74 Å². The van der Waals surface area contributed by atoms with E-state index >= 15 is 0 Å². The normalized spacial score (nSPS) is 8.62. The second-order valence-electron chi connectivity index (χ2n) is 2.39. The molecule has 0 aliphatic heterocycles. The van der Waals surface area contributed by atoms with Crippen LogP contribution in [-0.4, -0.2) is 6.61 Å². The van der Waals surface area contributed by atoms with Gasteiger partial charge in [-0.15, -0.1) is 0 Å². The molecule has 0 fully saturated rings. The van der Waals surface area contributed by atoms with Crippen molar-refractivity contribution in [3.05, 3.63) is 29.8 Å². The molecule has 1 aromatic carbocycles. The lowest BCUT2D eigenvalue weighted by molar-refractivity contribution is 0.337. The molecule has 0 saturated heterocycles. The summed E-state index contributed by atoms with van der Waals surface area (Å²) in [6.07, 6.45) is 1.04. The lowest BCUT2D eigenvalue weighted by atomic mass is 10.1. The van der Waals surface area contributed by atoms with Crippen LogP contribution in [0.1, 0.15) is 33.3 Å². The summed E-state index contributed by atoms with van der Waals surface area (Å²) in [6.45, 7) is 8.89. The predicted molar refractivity (Wildman–Crippen MR) is 58.3 cm³/mol. The molecule has 74 valence electrons. The molecule has 0 heterocycles. The van der Waals surface area contributed by atoms with Crippen LogP contribution in [0.2, 0.25) is 0 Å². The SMILES string of the molecule is CC.CCOc1ccccc1CC. The molecule has 0 unspecified atom stereocenters. The molecule has 0 spiro atoms. The van der Waals surface area contributed by atoms with Crippen LogP contribution in [0.4, 0.5) is 0 Å². The molecular formula is C12H20O. The summed E-state index contributed by atoms with van der Waals surface area (Å²) in [5.74, 6) is 1.03.